The van der Waals surface area contributed by atoms with E-state index in [-0.39, 0.29) is 31.5 Å². The molecular formula is C22H27F6N7O4. The average Bonchev–Trinajstić information content (AvgIpc) is 2.88. The number of H-pyrrole nitrogens is 1. The fourth-order valence-electron chi connectivity index (χ4n) is 3.76. The molecule has 2 aromatic heterocycles. The minimum Gasteiger partial charge on any atom is -0.380 e. The van der Waals surface area contributed by atoms with Crippen LogP contribution in [0.5, 0.6) is 0 Å². The summed E-state index contributed by atoms with van der Waals surface area (Å²) in [4.78, 5) is 35.0. The number of ether oxygens (including phenoxy) is 2. The molecule has 1 saturated heterocycles. The molecule has 0 aliphatic carbocycles. The Labute approximate surface area is 218 Å². The number of alkyl halides is 6. The quantitative estimate of drug-likeness (QED) is 0.328. The number of piperazine rings is 1. The third-order valence-electron chi connectivity index (χ3n) is 6.06. The summed E-state index contributed by atoms with van der Waals surface area (Å²) in [7, 11) is 1.36. The number of hydrogen-bond donors (Lipinski definition) is 2. The van der Waals surface area contributed by atoms with Crippen molar-refractivity contribution in [1.82, 2.24) is 25.1 Å². The van der Waals surface area contributed by atoms with Gasteiger partial charge in [0, 0.05) is 45.7 Å². The number of amides is 1. The molecule has 1 unspecified atom stereocenters. The van der Waals surface area contributed by atoms with Crippen molar-refractivity contribution in [1.29, 1.82) is 0 Å². The number of carbonyl (C=O) groups excluding carboxylic acids is 1. The van der Waals surface area contributed by atoms with Crippen LogP contribution in [0.25, 0.3) is 0 Å². The lowest BCUT2D eigenvalue weighted by Gasteiger charge is -2.34. The lowest BCUT2D eigenvalue weighted by molar-refractivity contribution is -0.139. The molecule has 17 heteroatoms. The minimum atomic E-state index is -4.92. The molecule has 0 saturated carbocycles. The van der Waals surface area contributed by atoms with Gasteiger partial charge in [0.2, 0.25) is 11.9 Å². The summed E-state index contributed by atoms with van der Waals surface area (Å²) in [6.45, 7) is 2.66. The van der Waals surface area contributed by atoms with Gasteiger partial charge < -0.3 is 24.6 Å². The van der Waals surface area contributed by atoms with E-state index in [9.17, 15) is 35.9 Å². The molecule has 1 fully saturated rings. The molecule has 2 N–H and O–H groups in total. The smallest absolute Gasteiger partial charge is 0.380 e. The Morgan fingerprint density at radius 1 is 1.08 bits per heavy atom. The number of aromatic amines is 1. The van der Waals surface area contributed by atoms with E-state index in [1.54, 1.807) is 21.8 Å². The van der Waals surface area contributed by atoms with Crippen molar-refractivity contribution in [2.24, 2.45) is 0 Å². The van der Waals surface area contributed by atoms with Gasteiger partial charge in [0.15, 0.2) is 0 Å². The maximum atomic E-state index is 13.4. The molecule has 3 rings (SSSR count). The van der Waals surface area contributed by atoms with Crippen LogP contribution in [0.15, 0.2) is 23.4 Å². The largest absolute Gasteiger partial charge is 0.423 e. The number of rotatable bonds is 10. The first-order chi connectivity index (χ1) is 18.3. The second-order valence-corrected chi connectivity index (χ2v) is 8.64. The van der Waals surface area contributed by atoms with E-state index in [4.69, 9.17) is 9.47 Å². The minimum absolute atomic E-state index is 0.00871. The molecule has 3 heterocycles. The third kappa shape index (κ3) is 8.01. The van der Waals surface area contributed by atoms with Crippen LogP contribution in [0, 0.1) is 0 Å². The highest BCUT2D eigenvalue weighted by molar-refractivity contribution is 5.76. The zero-order valence-electron chi connectivity index (χ0n) is 21.0. The SMILES string of the molecule is CO[C@H](C)C(COCCC(=O)N1CCN(c2ncc(C(F)(F)F)cn2)CC1)Nc1cn[nH]c(=O)c1C(F)(F)F. The molecule has 216 valence electrons. The summed E-state index contributed by atoms with van der Waals surface area (Å²) >= 11 is 0. The number of hydrogen-bond acceptors (Lipinski definition) is 9. The van der Waals surface area contributed by atoms with Crippen LogP contribution >= 0.6 is 0 Å². The highest BCUT2D eigenvalue weighted by Gasteiger charge is 2.38. The van der Waals surface area contributed by atoms with E-state index in [0.717, 1.165) is 6.20 Å². The van der Waals surface area contributed by atoms with Gasteiger partial charge in [-0.05, 0) is 6.92 Å². The zero-order chi connectivity index (χ0) is 28.8. The number of methoxy groups -OCH3 is 1. The molecule has 1 amide bonds. The number of nitrogens with one attached hydrogen (secondary N) is 2. The Balaban J connectivity index is 1.48. The lowest BCUT2D eigenvalue weighted by atomic mass is 10.1. The highest BCUT2D eigenvalue weighted by Crippen LogP contribution is 2.32. The molecule has 0 radical (unpaired) electrons. The normalized spacial score (nSPS) is 16.2. The summed E-state index contributed by atoms with van der Waals surface area (Å²) < 4.78 is 88.9. The Bertz CT molecular complexity index is 1150. The summed E-state index contributed by atoms with van der Waals surface area (Å²) in [5.41, 5.74) is -4.31. The predicted octanol–water partition coefficient (Wildman–Crippen LogP) is 2.17. The fraction of sp³-hybridized carbons (Fsp3) is 0.591. The Morgan fingerprint density at radius 3 is 2.28 bits per heavy atom. The van der Waals surface area contributed by atoms with Crippen LogP contribution in [0.1, 0.15) is 24.5 Å². The first kappa shape index (κ1) is 30.1. The van der Waals surface area contributed by atoms with Gasteiger partial charge in [0.1, 0.15) is 5.56 Å². The summed E-state index contributed by atoms with van der Waals surface area (Å²) in [5, 5.41) is 7.78. The topological polar surface area (TPSA) is 126 Å². The molecule has 1 aliphatic rings. The summed E-state index contributed by atoms with van der Waals surface area (Å²) in [6, 6.07) is -0.804. The van der Waals surface area contributed by atoms with E-state index < -0.39 is 46.9 Å². The van der Waals surface area contributed by atoms with Crippen molar-refractivity contribution in [3.8, 4) is 0 Å². The van der Waals surface area contributed by atoms with E-state index in [1.807, 2.05) is 0 Å². The summed E-state index contributed by atoms with van der Waals surface area (Å²) in [5.74, 6) is -0.0982. The molecule has 11 nitrogen and oxygen atoms in total. The second-order valence-electron chi connectivity index (χ2n) is 8.64. The van der Waals surface area contributed by atoms with Gasteiger partial charge in [0.25, 0.3) is 5.56 Å². The van der Waals surface area contributed by atoms with Crippen molar-refractivity contribution < 1.29 is 40.6 Å². The van der Waals surface area contributed by atoms with Gasteiger partial charge in [-0.25, -0.2) is 15.1 Å². The summed E-state index contributed by atoms with van der Waals surface area (Å²) in [6.07, 6.45) is -7.83. The van der Waals surface area contributed by atoms with Gasteiger partial charge in [-0.15, -0.1) is 0 Å². The van der Waals surface area contributed by atoms with Crippen LogP contribution < -0.4 is 15.8 Å². The molecule has 2 aromatic rings. The van der Waals surface area contributed by atoms with Crippen LogP contribution in [-0.2, 0) is 26.6 Å². The van der Waals surface area contributed by atoms with Crippen molar-refractivity contribution in [3.05, 3.63) is 40.1 Å². The monoisotopic (exact) mass is 567 g/mol. The molecule has 1 aliphatic heterocycles. The van der Waals surface area contributed by atoms with Gasteiger partial charge in [0.05, 0.1) is 49.2 Å². The second kappa shape index (κ2) is 12.6. The molecule has 39 heavy (non-hydrogen) atoms. The van der Waals surface area contributed by atoms with Crippen molar-refractivity contribution in [2.45, 2.75) is 37.8 Å². The van der Waals surface area contributed by atoms with E-state index in [2.05, 4.69) is 20.4 Å². The van der Waals surface area contributed by atoms with Crippen molar-refractivity contribution in [2.75, 3.05) is 56.7 Å². The van der Waals surface area contributed by atoms with Crippen molar-refractivity contribution >= 4 is 17.5 Å². The van der Waals surface area contributed by atoms with Crippen LogP contribution in [0.2, 0.25) is 0 Å². The van der Waals surface area contributed by atoms with Gasteiger partial charge >= 0.3 is 12.4 Å². The Hall–Kier alpha value is -3.47. The molecule has 0 spiro atoms. The zero-order valence-corrected chi connectivity index (χ0v) is 21.0. The number of halogens is 6. The van der Waals surface area contributed by atoms with Gasteiger partial charge in [-0.3, -0.25) is 9.59 Å². The van der Waals surface area contributed by atoms with E-state index in [1.165, 1.54) is 7.11 Å². The maximum absolute atomic E-state index is 13.4. The molecule has 0 aromatic carbocycles. The standard InChI is InChI=1S/C22H27F6N7O4/c1-13(38-2)16(32-15-11-31-33-19(37)18(15)22(26,27)28)12-39-8-3-17(36)34-4-6-35(7-5-34)20-29-9-14(10-30-20)21(23,24)25/h9-11,13,16H,3-8,12H2,1-2H3,(H2,32,33,37)/t13-,16?/m1/s1. The fourth-order valence-corrected chi connectivity index (χ4v) is 3.76. The molecule has 0 bridgehead atoms. The average molecular weight is 567 g/mol. The van der Waals surface area contributed by atoms with Crippen molar-refractivity contribution in [3.63, 3.8) is 0 Å². The predicted molar refractivity (Wildman–Crippen MR) is 125 cm³/mol. The molecule has 2 atom stereocenters. The highest BCUT2D eigenvalue weighted by atomic mass is 19.4. The number of carbonyl (C=O) groups is 1. The third-order valence-corrected chi connectivity index (χ3v) is 6.06. The number of anilines is 2. The first-order valence-electron chi connectivity index (χ1n) is 11.7. The van der Waals surface area contributed by atoms with E-state index in [0.29, 0.717) is 38.6 Å². The lowest BCUT2D eigenvalue weighted by Crippen LogP contribution is -2.49. The number of aromatic nitrogens is 4. The van der Waals surface area contributed by atoms with Gasteiger partial charge in [-0.1, -0.05) is 0 Å². The number of nitrogens with zero attached hydrogens (tertiary/aromatic N) is 5. The molecular weight excluding hydrogens is 540 g/mol. The Morgan fingerprint density at radius 2 is 1.72 bits per heavy atom. The van der Waals surface area contributed by atoms with Crippen LogP contribution in [-0.4, -0.2) is 89.6 Å². The van der Waals surface area contributed by atoms with E-state index >= 15 is 0 Å². The van der Waals surface area contributed by atoms with Gasteiger partial charge in [-0.2, -0.15) is 31.4 Å². The van der Waals surface area contributed by atoms with Crippen LogP contribution in [0.3, 0.4) is 0 Å². The first-order valence-corrected chi connectivity index (χ1v) is 11.7. The van der Waals surface area contributed by atoms with Crippen LogP contribution in [0.4, 0.5) is 38.0 Å². The maximum Gasteiger partial charge on any atom is 0.423 e. The Kier molecular flexibility index (Phi) is 9.71.